The second-order valence-electron chi connectivity index (χ2n) is 8.04. The Hall–Kier alpha value is -2.48. The van der Waals surface area contributed by atoms with Crippen LogP contribution in [0, 0.1) is 12.3 Å². The summed E-state index contributed by atoms with van der Waals surface area (Å²) < 4.78 is 10.7. The van der Waals surface area contributed by atoms with Gasteiger partial charge < -0.3 is 9.47 Å². The lowest BCUT2D eigenvalue weighted by atomic mass is 10.0. The molecule has 142 valence electrons. The molecule has 0 fully saturated rings. The molecule has 0 aliphatic rings. The van der Waals surface area contributed by atoms with Crippen LogP contribution in [0.4, 0.5) is 9.59 Å². The molecular weight excluding hydrogens is 330 g/mol. The van der Waals surface area contributed by atoms with Gasteiger partial charge in [0.1, 0.15) is 17.2 Å². The molecule has 0 aliphatic carbocycles. The maximum absolute atomic E-state index is 12.6. The Labute approximate surface area is 156 Å². The van der Waals surface area contributed by atoms with Crippen LogP contribution in [0.5, 0.6) is 0 Å². The number of benzene rings is 1. The number of carbonyl (C=O) groups excluding carboxylic acids is 2. The first-order chi connectivity index (χ1) is 11.9. The predicted octanol–water partition coefficient (Wildman–Crippen LogP) is 4.79. The summed E-state index contributed by atoms with van der Waals surface area (Å²) in [6, 6.07) is 8.97. The van der Waals surface area contributed by atoms with E-state index in [2.05, 4.69) is 5.92 Å². The Bertz CT molecular complexity index is 619. The second kappa shape index (κ2) is 8.75. The number of amides is 2. The molecule has 0 spiro atoms. The molecule has 0 bridgehead atoms. The number of aryl methyl sites for hydroxylation is 1. The highest BCUT2D eigenvalue weighted by Crippen LogP contribution is 2.19. The third-order valence-corrected chi connectivity index (χ3v) is 3.23. The van der Waals surface area contributed by atoms with Crippen molar-refractivity contribution < 1.29 is 19.1 Å². The van der Waals surface area contributed by atoms with E-state index in [9.17, 15) is 9.59 Å². The third kappa shape index (κ3) is 7.60. The molecule has 1 aromatic rings. The number of terminal acetylenes is 1. The number of rotatable bonds is 4. The Morgan fingerprint density at radius 3 is 1.85 bits per heavy atom. The van der Waals surface area contributed by atoms with Gasteiger partial charge >= 0.3 is 12.2 Å². The number of hydrogen-bond acceptors (Lipinski definition) is 4. The van der Waals surface area contributed by atoms with Crippen molar-refractivity contribution in [2.45, 2.75) is 71.6 Å². The number of nitrogens with zero attached hydrogens (tertiary/aromatic N) is 1. The fourth-order valence-electron chi connectivity index (χ4n) is 2.19. The van der Waals surface area contributed by atoms with Crippen LogP contribution in [-0.4, -0.2) is 34.3 Å². The first kappa shape index (κ1) is 21.6. The predicted molar refractivity (Wildman–Crippen MR) is 102 cm³/mol. The van der Waals surface area contributed by atoms with E-state index in [4.69, 9.17) is 15.9 Å². The van der Waals surface area contributed by atoms with E-state index < -0.39 is 29.4 Å². The smallest absolute Gasteiger partial charge is 0.420 e. The molecule has 5 nitrogen and oxygen atoms in total. The maximum Gasteiger partial charge on any atom is 0.420 e. The van der Waals surface area contributed by atoms with Gasteiger partial charge in [-0.3, -0.25) is 0 Å². The Morgan fingerprint density at radius 2 is 1.46 bits per heavy atom. The number of carbonyl (C=O) groups is 2. The van der Waals surface area contributed by atoms with Gasteiger partial charge in [-0.1, -0.05) is 36.3 Å². The van der Waals surface area contributed by atoms with E-state index in [0.29, 0.717) is 12.8 Å². The molecule has 2 amide bonds. The lowest BCUT2D eigenvalue weighted by Gasteiger charge is -2.31. The van der Waals surface area contributed by atoms with E-state index in [-0.39, 0.29) is 0 Å². The average Bonchev–Trinajstić information content (AvgIpc) is 2.48. The molecular formula is C21H29NO4. The van der Waals surface area contributed by atoms with Crippen LogP contribution in [0.3, 0.4) is 0 Å². The van der Waals surface area contributed by atoms with Gasteiger partial charge in [0.05, 0.1) is 0 Å². The number of hydrogen-bond donors (Lipinski definition) is 0. The monoisotopic (exact) mass is 359 g/mol. The van der Waals surface area contributed by atoms with Crippen LogP contribution < -0.4 is 0 Å². The standard InChI is InChI=1S/C21H29NO4/c1-8-17(15-14-16-12-10-9-11-13-16)22(18(23)25-20(2,3)4)19(24)26-21(5,6)7/h1,9-13,17H,14-15H2,2-7H3/t17-/m1/s1. The molecule has 0 saturated carbocycles. The highest BCUT2D eigenvalue weighted by molar-refractivity contribution is 5.89. The van der Waals surface area contributed by atoms with Crippen molar-refractivity contribution in [1.82, 2.24) is 4.90 Å². The summed E-state index contributed by atoms with van der Waals surface area (Å²) in [5.74, 6) is 2.53. The quantitative estimate of drug-likeness (QED) is 0.725. The van der Waals surface area contributed by atoms with Crippen molar-refractivity contribution >= 4 is 12.2 Å². The summed E-state index contributed by atoms with van der Waals surface area (Å²) in [7, 11) is 0. The minimum Gasteiger partial charge on any atom is -0.443 e. The largest absolute Gasteiger partial charge is 0.443 e. The van der Waals surface area contributed by atoms with E-state index in [0.717, 1.165) is 10.5 Å². The molecule has 0 aliphatic heterocycles. The zero-order valence-corrected chi connectivity index (χ0v) is 16.5. The highest BCUT2D eigenvalue weighted by Gasteiger charge is 2.35. The summed E-state index contributed by atoms with van der Waals surface area (Å²) in [5.41, 5.74) is -0.438. The summed E-state index contributed by atoms with van der Waals surface area (Å²) in [5, 5.41) is 0. The SMILES string of the molecule is C#C[C@H](CCc1ccccc1)N(C(=O)OC(C)(C)C)C(=O)OC(C)(C)C. The van der Waals surface area contributed by atoms with E-state index in [1.165, 1.54) is 0 Å². The topological polar surface area (TPSA) is 55.8 Å². The summed E-state index contributed by atoms with van der Waals surface area (Å²) in [4.78, 5) is 26.1. The first-order valence-corrected chi connectivity index (χ1v) is 8.68. The third-order valence-electron chi connectivity index (χ3n) is 3.23. The lowest BCUT2D eigenvalue weighted by Crippen LogP contribution is -2.48. The molecule has 5 heteroatoms. The number of imide groups is 1. The zero-order chi connectivity index (χ0) is 20.0. The molecule has 0 unspecified atom stereocenters. The fraction of sp³-hybridized carbons (Fsp3) is 0.524. The van der Waals surface area contributed by atoms with Gasteiger partial charge in [-0.25, -0.2) is 9.59 Å². The average molecular weight is 359 g/mol. The van der Waals surface area contributed by atoms with Gasteiger partial charge in [0, 0.05) is 0 Å². The second-order valence-corrected chi connectivity index (χ2v) is 8.04. The van der Waals surface area contributed by atoms with Gasteiger partial charge in [0.2, 0.25) is 0 Å². The van der Waals surface area contributed by atoms with Gasteiger partial charge in [-0.2, -0.15) is 4.90 Å². The van der Waals surface area contributed by atoms with Gasteiger partial charge in [0.25, 0.3) is 0 Å². The van der Waals surface area contributed by atoms with Crippen molar-refractivity contribution in [1.29, 1.82) is 0 Å². The molecule has 0 N–H and O–H groups in total. The minimum atomic E-state index is -0.803. The van der Waals surface area contributed by atoms with Gasteiger partial charge in [0.15, 0.2) is 0 Å². The van der Waals surface area contributed by atoms with Crippen LogP contribution >= 0.6 is 0 Å². The molecule has 0 heterocycles. The first-order valence-electron chi connectivity index (χ1n) is 8.68. The van der Waals surface area contributed by atoms with E-state index in [1.54, 1.807) is 41.5 Å². The van der Waals surface area contributed by atoms with Crippen LogP contribution in [0.15, 0.2) is 30.3 Å². The highest BCUT2D eigenvalue weighted by atomic mass is 16.6. The summed E-state index contributed by atoms with van der Waals surface area (Å²) in [6.45, 7) is 10.4. The van der Waals surface area contributed by atoms with Gasteiger partial charge in [-0.05, 0) is 59.9 Å². The van der Waals surface area contributed by atoms with E-state index >= 15 is 0 Å². The van der Waals surface area contributed by atoms with E-state index in [1.807, 2.05) is 30.3 Å². The van der Waals surface area contributed by atoms with Crippen molar-refractivity contribution in [2.24, 2.45) is 0 Å². The molecule has 0 aromatic heterocycles. The Morgan fingerprint density at radius 1 is 1.00 bits per heavy atom. The van der Waals surface area contributed by atoms with Crippen molar-refractivity contribution in [2.75, 3.05) is 0 Å². The van der Waals surface area contributed by atoms with Crippen LogP contribution in [-0.2, 0) is 15.9 Å². The van der Waals surface area contributed by atoms with Crippen molar-refractivity contribution in [3.05, 3.63) is 35.9 Å². The molecule has 1 rings (SSSR count). The maximum atomic E-state index is 12.6. The zero-order valence-electron chi connectivity index (χ0n) is 16.5. The van der Waals surface area contributed by atoms with Crippen molar-refractivity contribution in [3.63, 3.8) is 0 Å². The van der Waals surface area contributed by atoms with Crippen LogP contribution in [0.25, 0.3) is 0 Å². The molecule has 26 heavy (non-hydrogen) atoms. The number of ether oxygens (including phenoxy) is 2. The fourth-order valence-corrected chi connectivity index (χ4v) is 2.19. The Balaban J connectivity index is 3.01. The molecule has 0 saturated heterocycles. The Kier molecular flexibility index (Phi) is 7.26. The minimum absolute atomic E-state index is 0.416. The summed E-state index contributed by atoms with van der Waals surface area (Å²) in [6.07, 6.45) is 5.07. The molecule has 1 aromatic carbocycles. The van der Waals surface area contributed by atoms with Gasteiger partial charge in [-0.15, -0.1) is 6.42 Å². The lowest BCUT2D eigenvalue weighted by molar-refractivity contribution is -0.00344. The van der Waals surface area contributed by atoms with Crippen LogP contribution in [0.2, 0.25) is 0 Å². The molecule has 0 radical (unpaired) electrons. The van der Waals surface area contributed by atoms with Crippen LogP contribution in [0.1, 0.15) is 53.5 Å². The summed E-state index contributed by atoms with van der Waals surface area (Å²) >= 11 is 0. The normalized spacial score (nSPS) is 12.7. The molecule has 1 atom stereocenters. The van der Waals surface area contributed by atoms with Crippen molar-refractivity contribution in [3.8, 4) is 12.3 Å².